The van der Waals surface area contributed by atoms with E-state index in [4.69, 9.17) is 9.47 Å². The minimum Gasteiger partial charge on any atom is -0.381 e. The molecule has 0 amide bonds. The Labute approximate surface area is 78.4 Å². The van der Waals surface area contributed by atoms with Crippen molar-refractivity contribution in [2.75, 3.05) is 19.8 Å². The molecule has 0 aromatic heterocycles. The van der Waals surface area contributed by atoms with E-state index in [0.717, 1.165) is 25.9 Å². The van der Waals surface area contributed by atoms with E-state index in [9.17, 15) is 4.79 Å². The second-order valence-corrected chi connectivity index (χ2v) is 3.89. The lowest BCUT2D eigenvalue weighted by atomic mass is 9.96. The molecule has 3 heteroatoms. The van der Waals surface area contributed by atoms with Crippen LogP contribution in [0.25, 0.3) is 0 Å². The predicted octanol–water partition coefficient (Wildman–Crippen LogP) is 1.16. The maximum atomic E-state index is 11.5. The molecule has 3 nitrogen and oxygen atoms in total. The number of ketones is 1. The normalized spacial score (nSPS) is 28.8. The Morgan fingerprint density at radius 3 is 2.77 bits per heavy atom. The molecule has 1 unspecified atom stereocenters. The molecule has 0 N–H and O–H groups in total. The Morgan fingerprint density at radius 1 is 1.38 bits per heavy atom. The van der Waals surface area contributed by atoms with Crippen LogP contribution in [0.15, 0.2) is 0 Å². The molecule has 0 aromatic rings. The summed E-state index contributed by atoms with van der Waals surface area (Å²) in [5.74, 6) is 0.337. The van der Waals surface area contributed by atoms with E-state index in [1.165, 1.54) is 6.42 Å². The predicted molar refractivity (Wildman–Crippen MR) is 47.5 cm³/mol. The van der Waals surface area contributed by atoms with E-state index in [-0.39, 0.29) is 11.7 Å². The van der Waals surface area contributed by atoms with Gasteiger partial charge in [0.15, 0.2) is 5.78 Å². The van der Waals surface area contributed by atoms with Gasteiger partial charge in [-0.3, -0.25) is 4.79 Å². The van der Waals surface area contributed by atoms with Crippen molar-refractivity contribution in [3.05, 3.63) is 0 Å². The monoisotopic (exact) mass is 184 g/mol. The van der Waals surface area contributed by atoms with Gasteiger partial charge in [-0.1, -0.05) is 0 Å². The van der Waals surface area contributed by atoms with Crippen LogP contribution >= 0.6 is 0 Å². The van der Waals surface area contributed by atoms with Gasteiger partial charge in [0.25, 0.3) is 0 Å². The van der Waals surface area contributed by atoms with Gasteiger partial charge in [-0.25, -0.2) is 0 Å². The van der Waals surface area contributed by atoms with Crippen molar-refractivity contribution < 1.29 is 14.3 Å². The number of carbonyl (C=O) groups is 1. The highest BCUT2D eigenvalue weighted by Crippen LogP contribution is 2.22. The third kappa shape index (κ3) is 2.29. The molecule has 1 aliphatic heterocycles. The maximum Gasteiger partial charge on any atom is 0.163 e. The van der Waals surface area contributed by atoms with Crippen LogP contribution in [0, 0.1) is 5.92 Å². The fourth-order valence-corrected chi connectivity index (χ4v) is 1.64. The average molecular weight is 184 g/mol. The molecule has 2 fully saturated rings. The molecule has 0 aromatic carbocycles. The summed E-state index contributed by atoms with van der Waals surface area (Å²) in [6, 6.07) is 0. The molecule has 1 heterocycles. The first-order chi connectivity index (χ1) is 6.36. The van der Waals surface area contributed by atoms with Gasteiger partial charge in [0.2, 0.25) is 0 Å². The molecule has 0 bridgehead atoms. The smallest absolute Gasteiger partial charge is 0.163 e. The lowest BCUT2D eigenvalue weighted by molar-refractivity contribution is -0.131. The van der Waals surface area contributed by atoms with Crippen molar-refractivity contribution in [3.63, 3.8) is 0 Å². The zero-order chi connectivity index (χ0) is 9.10. The quantitative estimate of drug-likeness (QED) is 0.657. The summed E-state index contributed by atoms with van der Waals surface area (Å²) in [6.07, 6.45) is 4.77. The van der Waals surface area contributed by atoms with Crippen LogP contribution in [0.1, 0.15) is 25.7 Å². The van der Waals surface area contributed by atoms with Crippen LogP contribution in [0.5, 0.6) is 0 Å². The van der Waals surface area contributed by atoms with Gasteiger partial charge in [-0.05, 0) is 25.7 Å². The van der Waals surface area contributed by atoms with Crippen LogP contribution in [-0.2, 0) is 14.3 Å². The van der Waals surface area contributed by atoms with Crippen molar-refractivity contribution in [2.45, 2.75) is 31.8 Å². The summed E-state index contributed by atoms with van der Waals surface area (Å²) in [6.45, 7) is 1.64. The molecule has 1 saturated carbocycles. The summed E-state index contributed by atoms with van der Waals surface area (Å²) in [7, 11) is 0. The molecular formula is C10H16O3. The Kier molecular flexibility index (Phi) is 2.96. The molecule has 1 aliphatic carbocycles. The van der Waals surface area contributed by atoms with E-state index in [1.54, 1.807) is 0 Å². The van der Waals surface area contributed by atoms with Crippen molar-refractivity contribution >= 4 is 5.78 Å². The first-order valence-corrected chi connectivity index (χ1v) is 5.08. The number of hydrogen-bond donors (Lipinski definition) is 0. The average Bonchev–Trinajstić information content (AvgIpc) is 2.52. The molecule has 74 valence electrons. The fraction of sp³-hybridized carbons (Fsp3) is 0.900. The molecule has 0 radical (unpaired) electrons. The lowest BCUT2D eigenvalue weighted by Crippen LogP contribution is -2.27. The molecular weight excluding hydrogens is 168 g/mol. The minimum atomic E-state index is 0.111. The third-order valence-electron chi connectivity index (χ3n) is 2.90. The molecule has 1 saturated heterocycles. The SMILES string of the molecule is O=C(COC1CCC1)C1CCOC1. The molecule has 2 aliphatic rings. The molecule has 13 heavy (non-hydrogen) atoms. The van der Waals surface area contributed by atoms with Crippen molar-refractivity contribution in [3.8, 4) is 0 Å². The van der Waals surface area contributed by atoms with E-state index in [1.807, 2.05) is 0 Å². The standard InChI is InChI=1S/C10H16O3/c11-10(8-4-5-12-6-8)7-13-9-2-1-3-9/h8-9H,1-7H2. The highest BCUT2D eigenvalue weighted by molar-refractivity contribution is 5.82. The number of Topliss-reactive ketones (excluding diaryl/α,β-unsaturated/α-hetero) is 1. The van der Waals surface area contributed by atoms with Gasteiger partial charge in [0.1, 0.15) is 6.61 Å². The van der Waals surface area contributed by atoms with E-state index in [2.05, 4.69) is 0 Å². The Hall–Kier alpha value is -0.410. The zero-order valence-corrected chi connectivity index (χ0v) is 7.83. The number of rotatable bonds is 4. The van der Waals surface area contributed by atoms with Gasteiger partial charge in [0.05, 0.1) is 12.7 Å². The molecule has 1 atom stereocenters. The topological polar surface area (TPSA) is 35.5 Å². The second kappa shape index (κ2) is 4.20. The summed E-state index contributed by atoms with van der Waals surface area (Å²) in [4.78, 5) is 11.5. The van der Waals surface area contributed by atoms with Gasteiger partial charge < -0.3 is 9.47 Å². The summed E-state index contributed by atoms with van der Waals surface area (Å²) < 4.78 is 10.6. The second-order valence-electron chi connectivity index (χ2n) is 3.89. The highest BCUT2D eigenvalue weighted by Gasteiger charge is 2.25. The fourth-order valence-electron chi connectivity index (χ4n) is 1.64. The van der Waals surface area contributed by atoms with E-state index < -0.39 is 0 Å². The Bertz CT molecular complexity index is 181. The summed E-state index contributed by atoms with van der Waals surface area (Å²) in [5, 5.41) is 0. The minimum absolute atomic E-state index is 0.111. The van der Waals surface area contributed by atoms with Gasteiger partial charge in [0, 0.05) is 12.5 Å². The third-order valence-corrected chi connectivity index (χ3v) is 2.90. The molecule has 2 rings (SSSR count). The van der Waals surface area contributed by atoms with Crippen molar-refractivity contribution in [2.24, 2.45) is 5.92 Å². The summed E-state index contributed by atoms with van der Waals surface area (Å²) in [5.41, 5.74) is 0. The van der Waals surface area contributed by atoms with Gasteiger partial charge >= 0.3 is 0 Å². The van der Waals surface area contributed by atoms with Crippen LogP contribution in [0.2, 0.25) is 0 Å². The first kappa shape index (κ1) is 9.16. The van der Waals surface area contributed by atoms with Crippen LogP contribution in [0.3, 0.4) is 0 Å². The number of ether oxygens (including phenoxy) is 2. The Morgan fingerprint density at radius 2 is 2.23 bits per heavy atom. The van der Waals surface area contributed by atoms with Crippen LogP contribution < -0.4 is 0 Å². The number of carbonyl (C=O) groups excluding carboxylic acids is 1. The first-order valence-electron chi connectivity index (χ1n) is 5.08. The largest absolute Gasteiger partial charge is 0.381 e. The zero-order valence-electron chi connectivity index (χ0n) is 7.83. The van der Waals surface area contributed by atoms with Crippen molar-refractivity contribution in [1.29, 1.82) is 0 Å². The van der Waals surface area contributed by atoms with Gasteiger partial charge in [-0.2, -0.15) is 0 Å². The van der Waals surface area contributed by atoms with Crippen LogP contribution in [-0.4, -0.2) is 31.7 Å². The Balaban J connectivity index is 1.65. The summed E-state index contributed by atoms with van der Waals surface area (Å²) >= 11 is 0. The highest BCUT2D eigenvalue weighted by atomic mass is 16.5. The van der Waals surface area contributed by atoms with E-state index >= 15 is 0 Å². The van der Waals surface area contributed by atoms with Crippen LogP contribution in [0.4, 0.5) is 0 Å². The van der Waals surface area contributed by atoms with Crippen molar-refractivity contribution in [1.82, 2.24) is 0 Å². The maximum absolute atomic E-state index is 11.5. The van der Waals surface area contributed by atoms with E-state index in [0.29, 0.717) is 19.3 Å². The number of hydrogen-bond acceptors (Lipinski definition) is 3. The van der Waals surface area contributed by atoms with Gasteiger partial charge in [-0.15, -0.1) is 0 Å². The lowest BCUT2D eigenvalue weighted by Gasteiger charge is -2.25. The molecule has 0 spiro atoms.